The Morgan fingerprint density at radius 2 is 1.38 bits per heavy atom. The maximum Gasteiger partial charge on any atom is 0.349 e. The first-order chi connectivity index (χ1) is 17.7. The number of para-hydroxylation sites is 2. The smallest absolute Gasteiger partial charge is 0.306 e. The van der Waals surface area contributed by atoms with Gasteiger partial charge in [0.1, 0.15) is 0 Å². The lowest BCUT2D eigenvalue weighted by molar-refractivity contribution is -0.402. The molecule has 4 aromatic rings. The van der Waals surface area contributed by atoms with Crippen LogP contribution in [-0.4, -0.2) is 29.3 Å². The summed E-state index contributed by atoms with van der Waals surface area (Å²) in [7, 11) is 0. The largest absolute Gasteiger partial charge is 0.349 e. The van der Waals surface area contributed by atoms with Gasteiger partial charge in [-0.1, -0.05) is 36.4 Å². The van der Waals surface area contributed by atoms with Crippen LogP contribution in [0, 0.1) is 30.3 Å². The Morgan fingerprint density at radius 3 is 1.89 bits per heavy atom. The number of nitro groups is 3. The molecule has 37 heavy (non-hydrogen) atoms. The van der Waals surface area contributed by atoms with Gasteiger partial charge in [0.15, 0.2) is 0 Å². The van der Waals surface area contributed by atoms with Crippen molar-refractivity contribution in [3.63, 3.8) is 0 Å². The van der Waals surface area contributed by atoms with Crippen LogP contribution < -0.4 is 15.8 Å². The number of benzene rings is 3. The highest BCUT2D eigenvalue weighted by atomic mass is 32.1. The number of nitrogens with one attached hydrogen (secondary N) is 1. The minimum atomic E-state index is -1.10. The monoisotopic (exact) mass is 523 g/mol. The molecular formula is C21H13N7O8S. The molecule has 1 N–H and O–H groups in total. The van der Waals surface area contributed by atoms with E-state index in [1.165, 1.54) is 12.1 Å². The Kier molecular flexibility index (Phi) is 6.65. The Bertz CT molecular complexity index is 1640. The molecule has 2 amide bonds. The molecule has 0 radical (unpaired) electrons. The highest BCUT2D eigenvalue weighted by Gasteiger charge is 2.34. The molecule has 1 heterocycles. The molecule has 0 saturated carbocycles. The lowest BCUT2D eigenvalue weighted by atomic mass is 10.2. The van der Waals surface area contributed by atoms with E-state index in [0.29, 0.717) is 33.9 Å². The minimum absolute atomic E-state index is 0.281. The van der Waals surface area contributed by atoms with Crippen LogP contribution in [0.15, 0.2) is 82.6 Å². The Labute approximate surface area is 208 Å². The molecule has 186 valence electrons. The summed E-state index contributed by atoms with van der Waals surface area (Å²) in [6, 6.07) is 16.0. The van der Waals surface area contributed by atoms with Gasteiger partial charge in [0, 0.05) is 5.69 Å². The summed E-state index contributed by atoms with van der Waals surface area (Å²) < 4.78 is 1.53. The van der Waals surface area contributed by atoms with Crippen LogP contribution in [0.1, 0.15) is 0 Å². The Morgan fingerprint density at radius 1 is 0.838 bits per heavy atom. The number of urea groups is 1. The van der Waals surface area contributed by atoms with Crippen molar-refractivity contribution in [3.05, 3.63) is 118 Å². The quantitative estimate of drug-likeness (QED) is 0.292. The molecule has 0 bridgehead atoms. The van der Waals surface area contributed by atoms with Crippen molar-refractivity contribution < 1.29 is 19.6 Å². The van der Waals surface area contributed by atoms with Crippen LogP contribution in [0.5, 0.6) is 0 Å². The second kappa shape index (κ2) is 10.0. The molecule has 0 aliphatic heterocycles. The van der Waals surface area contributed by atoms with Crippen molar-refractivity contribution in [1.29, 1.82) is 0 Å². The van der Waals surface area contributed by atoms with Crippen molar-refractivity contribution in [2.24, 2.45) is 4.99 Å². The number of carbonyl (C=O) groups excluding carboxylic acids is 1. The van der Waals surface area contributed by atoms with Gasteiger partial charge < -0.3 is 5.32 Å². The van der Waals surface area contributed by atoms with E-state index in [0.717, 1.165) is 3.96 Å². The van der Waals surface area contributed by atoms with Gasteiger partial charge >= 0.3 is 23.1 Å². The SMILES string of the molecule is O=C(/N=c1\sn(-c2ccccc2)c(=O)n1-c1c([N+](=O)[O-])cc([N+](=O)[O-])cc1[N+](=O)[O-])Nc1ccccc1. The summed E-state index contributed by atoms with van der Waals surface area (Å²) in [5.74, 6) is 0. The number of hydrogen-bond acceptors (Lipinski definition) is 9. The van der Waals surface area contributed by atoms with E-state index in [-0.39, 0.29) is 5.69 Å². The predicted molar refractivity (Wildman–Crippen MR) is 130 cm³/mol. The number of rotatable bonds is 6. The Balaban J connectivity index is 2.06. The Hall–Kier alpha value is -5.51. The first kappa shape index (κ1) is 24.6. The maximum atomic E-state index is 13.5. The van der Waals surface area contributed by atoms with Crippen LogP contribution in [0.25, 0.3) is 11.4 Å². The van der Waals surface area contributed by atoms with E-state index < -0.39 is 54.0 Å². The minimum Gasteiger partial charge on any atom is -0.306 e. The highest BCUT2D eigenvalue weighted by molar-refractivity contribution is 7.03. The number of carbonyl (C=O) groups is 1. The van der Waals surface area contributed by atoms with Crippen LogP contribution in [0.4, 0.5) is 27.5 Å². The van der Waals surface area contributed by atoms with Crippen molar-refractivity contribution in [2.75, 3.05) is 5.32 Å². The fourth-order valence-electron chi connectivity index (χ4n) is 3.28. The van der Waals surface area contributed by atoms with Gasteiger partial charge in [-0.25, -0.2) is 18.1 Å². The number of amides is 2. The maximum absolute atomic E-state index is 13.5. The summed E-state index contributed by atoms with van der Waals surface area (Å²) in [6.45, 7) is 0. The average Bonchev–Trinajstić information content (AvgIpc) is 3.19. The third-order valence-corrected chi connectivity index (χ3v) is 5.81. The number of nitrogens with zero attached hydrogens (tertiary/aromatic N) is 6. The molecule has 4 rings (SSSR count). The zero-order chi connectivity index (χ0) is 26.7. The highest BCUT2D eigenvalue weighted by Crippen LogP contribution is 2.35. The van der Waals surface area contributed by atoms with Gasteiger partial charge in [0.25, 0.3) is 5.69 Å². The number of nitro benzene ring substituents is 3. The van der Waals surface area contributed by atoms with Crippen molar-refractivity contribution in [3.8, 4) is 11.4 Å². The molecule has 1 aromatic heterocycles. The summed E-state index contributed by atoms with van der Waals surface area (Å²) in [5.41, 5.74) is -4.40. The zero-order valence-corrected chi connectivity index (χ0v) is 19.1. The van der Waals surface area contributed by atoms with Gasteiger partial charge in [-0.15, -0.1) is 0 Å². The molecular weight excluding hydrogens is 510 g/mol. The van der Waals surface area contributed by atoms with Gasteiger partial charge in [-0.3, -0.25) is 30.3 Å². The van der Waals surface area contributed by atoms with Crippen molar-refractivity contribution in [1.82, 2.24) is 8.52 Å². The summed E-state index contributed by atoms with van der Waals surface area (Å²) in [6.07, 6.45) is 0. The topological polar surface area (TPSA) is 198 Å². The average molecular weight is 523 g/mol. The molecule has 0 fully saturated rings. The molecule has 0 unspecified atom stereocenters. The molecule has 0 atom stereocenters. The third kappa shape index (κ3) is 4.98. The number of hydrogen-bond donors (Lipinski definition) is 1. The van der Waals surface area contributed by atoms with E-state index in [9.17, 15) is 39.9 Å². The molecule has 0 aliphatic rings. The normalized spacial score (nSPS) is 11.2. The van der Waals surface area contributed by atoms with Crippen molar-refractivity contribution >= 4 is 40.3 Å². The molecule has 15 nitrogen and oxygen atoms in total. The van der Waals surface area contributed by atoms with E-state index in [4.69, 9.17) is 0 Å². The molecule has 3 aromatic carbocycles. The van der Waals surface area contributed by atoms with Crippen LogP contribution in [0.3, 0.4) is 0 Å². The van der Waals surface area contributed by atoms with Crippen LogP contribution in [0.2, 0.25) is 0 Å². The van der Waals surface area contributed by atoms with Crippen LogP contribution in [-0.2, 0) is 0 Å². The second-order valence-electron chi connectivity index (χ2n) is 7.13. The standard InChI is InChI=1S/C21H13N7O8S/c29-19(22-13-7-3-1-4-8-13)23-20-24(21(30)25(37-20)14-9-5-2-6-10-14)18-16(27(33)34)11-15(26(31)32)12-17(18)28(35)36/h1-12H,(H,22,29)/b23-20-. The van der Waals surface area contributed by atoms with E-state index >= 15 is 0 Å². The van der Waals surface area contributed by atoms with Gasteiger partial charge in [0.05, 0.1) is 32.6 Å². The van der Waals surface area contributed by atoms with E-state index in [1.807, 2.05) is 0 Å². The first-order valence-electron chi connectivity index (χ1n) is 10.1. The third-order valence-electron chi connectivity index (χ3n) is 4.82. The second-order valence-corrected chi connectivity index (χ2v) is 8.05. The van der Waals surface area contributed by atoms with E-state index in [2.05, 4.69) is 10.3 Å². The van der Waals surface area contributed by atoms with Gasteiger partial charge in [-0.2, -0.15) is 4.99 Å². The molecule has 0 saturated heterocycles. The molecule has 16 heteroatoms. The van der Waals surface area contributed by atoms with Crippen LogP contribution >= 0.6 is 11.5 Å². The fourth-order valence-corrected chi connectivity index (χ4v) is 4.21. The number of aromatic nitrogens is 2. The molecule has 0 aliphatic carbocycles. The number of anilines is 1. The molecule has 0 spiro atoms. The van der Waals surface area contributed by atoms with Gasteiger partial charge in [-0.05, 0) is 35.8 Å². The summed E-state index contributed by atoms with van der Waals surface area (Å²) in [4.78, 5) is 61.2. The van der Waals surface area contributed by atoms with Crippen molar-refractivity contribution in [2.45, 2.75) is 0 Å². The first-order valence-corrected chi connectivity index (χ1v) is 10.9. The lowest BCUT2D eigenvalue weighted by Gasteiger charge is -2.05. The van der Waals surface area contributed by atoms with Gasteiger partial charge in [0.2, 0.25) is 10.5 Å². The number of non-ortho nitro benzene ring substituents is 1. The predicted octanol–water partition coefficient (Wildman–Crippen LogP) is 3.55. The zero-order valence-electron chi connectivity index (χ0n) is 18.3. The lowest BCUT2D eigenvalue weighted by Crippen LogP contribution is -2.30. The van der Waals surface area contributed by atoms with E-state index in [1.54, 1.807) is 48.5 Å². The summed E-state index contributed by atoms with van der Waals surface area (Å²) in [5, 5.41) is 37.4. The summed E-state index contributed by atoms with van der Waals surface area (Å²) >= 11 is 0.585. The fraction of sp³-hybridized carbons (Fsp3) is 0.